The number of benzene rings is 1. The van der Waals surface area contributed by atoms with Crippen LogP contribution in [0.2, 0.25) is 0 Å². The van der Waals surface area contributed by atoms with Gasteiger partial charge in [0.05, 0.1) is 6.10 Å². The molecule has 0 spiro atoms. The Morgan fingerprint density at radius 1 is 1.21 bits per heavy atom. The number of piperidine rings is 1. The van der Waals surface area contributed by atoms with Crippen LogP contribution in [-0.2, 0) is 9.53 Å². The maximum absolute atomic E-state index is 12.7. The summed E-state index contributed by atoms with van der Waals surface area (Å²) in [6.45, 7) is 4.45. The molecule has 2 aliphatic rings. The fourth-order valence-electron chi connectivity index (χ4n) is 3.75. The molecule has 1 unspecified atom stereocenters. The van der Waals surface area contributed by atoms with E-state index in [2.05, 4.69) is 10.6 Å². The highest BCUT2D eigenvalue weighted by molar-refractivity contribution is 5.89. The minimum atomic E-state index is -0.352. The van der Waals surface area contributed by atoms with Gasteiger partial charge in [-0.1, -0.05) is 17.7 Å². The second kappa shape index (κ2) is 10.6. The van der Waals surface area contributed by atoms with Crippen molar-refractivity contribution >= 4 is 30.0 Å². The van der Waals surface area contributed by atoms with Crippen molar-refractivity contribution in [3.63, 3.8) is 0 Å². The zero-order valence-corrected chi connectivity index (χ0v) is 17.2. The molecule has 1 aromatic rings. The van der Waals surface area contributed by atoms with E-state index in [4.69, 9.17) is 10.5 Å². The molecule has 8 heteroatoms. The van der Waals surface area contributed by atoms with E-state index in [1.165, 1.54) is 0 Å². The number of amides is 3. The second-order valence-corrected chi connectivity index (χ2v) is 7.55. The van der Waals surface area contributed by atoms with Crippen molar-refractivity contribution in [2.24, 2.45) is 11.7 Å². The number of carbonyl (C=O) groups is 2. The molecule has 28 heavy (non-hydrogen) atoms. The number of rotatable bonds is 5. The molecule has 2 heterocycles. The number of anilines is 1. The van der Waals surface area contributed by atoms with Gasteiger partial charge in [0.1, 0.15) is 6.10 Å². The predicted octanol–water partition coefficient (Wildman–Crippen LogP) is 2.28. The minimum absolute atomic E-state index is 0. The third-order valence-corrected chi connectivity index (χ3v) is 5.34. The number of carbonyl (C=O) groups excluding carboxylic acids is 2. The molecule has 2 fully saturated rings. The van der Waals surface area contributed by atoms with Gasteiger partial charge in [0.2, 0.25) is 0 Å². The van der Waals surface area contributed by atoms with Gasteiger partial charge < -0.3 is 26.0 Å². The predicted molar refractivity (Wildman–Crippen MR) is 112 cm³/mol. The molecule has 0 bridgehead atoms. The maximum atomic E-state index is 12.7. The van der Waals surface area contributed by atoms with Gasteiger partial charge in [0.15, 0.2) is 0 Å². The number of nitrogens with one attached hydrogen (secondary N) is 2. The molecule has 156 valence electrons. The van der Waals surface area contributed by atoms with Crippen LogP contribution in [0.1, 0.15) is 31.2 Å². The molecule has 0 radical (unpaired) electrons. The summed E-state index contributed by atoms with van der Waals surface area (Å²) in [5, 5.41) is 5.76. The van der Waals surface area contributed by atoms with E-state index in [-0.39, 0.29) is 42.5 Å². The molecule has 0 aliphatic carbocycles. The van der Waals surface area contributed by atoms with Crippen molar-refractivity contribution in [1.29, 1.82) is 0 Å². The van der Waals surface area contributed by atoms with Gasteiger partial charge in [-0.2, -0.15) is 0 Å². The lowest BCUT2D eigenvalue weighted by Gasteiger charge is -2.34. The Balaban J connectivity index is 0.00000280. The van der Waals surface area contributed by atoms with Crippen molar-refractivity contribution in [3.05, 3.63) is 29.8 Å². The van der Waals surface area contributed by atoms with E-state index in [0.29, 0.717) is 19.6 Å². The zero-order chi connectivity index (χ0) is 19.2. The number of aryl methyl sites for hydroxylation is 1. The zero-order valence-electron chi connectivity index (χ0n) is 16.4. The Hall–Kier alpha value is -1.83. The first kappa shape index (κ1) is 22.5. The lowest BCUT2D eigenvalue weighted by Crippen LogP contribution is -2.47. The number of urea groups is 1. The summed E-state index contributed by atoms with van der Waals surface area (Å²) in [7, 11) is 0. The Labute approximate surface area is 172 Å². The molecule has 3 atom stereocenters. The van der Waals surface area contributed by atoms with E-state index in [9.17, 15) is 9.59 Å². The van der Waals surface area contributed by atoms with E-state index in [1.807, 2.05) is 36.1 Å². The Kier molecular flexibility index (Phi) is 8.54. The Morgan fingerprint density at radius 3 is 2.64 bits per heavy atom. The summed E-state index contributed by atoms with van der Waals surface area (Å²) in [5.74, 6) is 0.331. The summed E-state index contributed by atoms with van der Waals surface area (Å²) in [6.07, 6.45) is 3.21. The summed E-state index contributed by atoms with van der Waals surface area (Å²) >= 11 is 0. The summed E-state index contributed by atoms with van der Waals surface area (Å²) in [6, 6.07) is 7.46. The fourth-order valence-corrected chi connectivity index (χ4v) is 3.75. The minimum Gasteiger partial charge on any atom is -0.364 e. The normalized spacial score (nSPS) is 24.4. The van der Waals surface area contributed by atoms with Crippen LogP contribution in [0.5, 0.6) is 0 Å². The van der Waals surface area contributed by atoms with E-state index in [1.54, 1.807) is 0 Å². The molecule has 7 nitrogen and oxygen atoms in total. The van der Waals surface area contributed by atoms with Crippen LogP contribution >= 0.6 is 12.4 Å². The monoisotopic (exact) mass is 410 g/mol. The highest BCUT2D eigenvalue weighted by Gasteiger charge is 2.34. The number of halogens is 1. The third-order valence-electron chi connectivity index (χ3n) is 5.34. The highest BCUT2D eigenvalue weighted by Crippen LogP contribution is 2.23. The van der Waals surface area contributed by atoms with E-state index < -0.39 is 0 Å². The van der Waals surface area contributed by atoms with Crippen molar-refractivity contribution < 1.29 is 14.3 Å². The number of hydrogen-bond donors (Lipinski definition) is 3. The van der Waals surface area contributed by atoms with E-state index >= 15 is 0 Å². The first-order chi connectivity index (χ1) is 13.0. The molecule has 3 rings (SSSR count). The van der Waals surface area contributed by atoms with Crippen LogP contribution in [0.3, 0.4) is 0 Å². The number of nitrogens with zero attached hydrogens (tertiary/aromatic N) is 1. The molecule has 3 amide bonds. The molecule has 2 saturated heterocycles. The molecule has 0 aromatic heterocycles. The van der Waals surface area contributed by atoms with Gasteiger partial charge in [0, 0.05) is 31.9 Å². The smallest absolute Gasteiger partial charge is 0.319 e. The standard InChI is InChI=1S/C20H30N4O3.ClH/c1-14-4-6-16(7-5-14)23-20(26)22-12-15-3-2-10-24(13-15)19(25)18-9-8-17(11-21)27-18;/h4-7,15,17-18H,2-3,8-13,21H2,1H3,(H2,22,23,26);1H/t15?,17-,18+;/m1./s1. The van der Waals surface area contributed by atoms with Gasteiger partial charge in [-0.3, -0.25) is 4.79 Å². The van der Waals surface area contributed by atoms with Gasteiger partial charge in [-0.05, 0) is 50.7 Å². The van der Waals surface area contributed by atoms with Gasteiger partial charge >= 0.3 is 6.03 Å². The van der Waals surface area contributed by atoms with Crippen LogP contribution < -0.4 is 16.4 Å². The summed E-state index contributed by atoms with van der Waals surface area (Å²) in [5.41, 5.74) is 7.55. The first-order valence-electron chi connectivity index (χ1n) is 9.81. The van der Waals surface area contributed by atoms with Gasteiger partial charge in [-0.15, -0.1) is 12.4 Å². The second-order valence-electron chi connectivity index (χ2n) is 7.55. The quantitative estimate of drug-likeness (QED) is 0.693. The summed E-state index contributed by atoms with van der Waals surface area (Å²) < 4.78 is 5.74. The summed E-state index contributed by atoms with van der Waals surface area (Å²) in [4.78, 5) is 26.7. The third kappa shape index (κ3) is 6.09. The highest BCUT2D eigenvalue weighted by atomic mass is 35.5. The molecular weight excluding hydrogens is 380 g/mol. The number of ether oxygens (including phenoxy) is 1. The average Bonchev–Trinajstić information content (AvgIpc) is 3.17. The molecule has 4 N–H and O–H groups in total. The molecule has 1 aromatic carbocycles. The number of nitrogens with two attached hydrogens (primary N) is 1. The van der Waals surface area contributed by atoms with Crippen molar-refractivity contribution in [2.45, 2.75) is 44.8 Å². The van der Waals surface area contributed by atoms with Crippen LogP contribution in [0.15, 0.2) is 24.3 Å². The van der Waals surface area contributed by atoms with E-state index in [0.717, 1.165) is 43.5 Å². The Bertz CT molecular complexity index is 655. The van der Waals surface area contributed by atoms with Crippen molar-refractivity contribution in [1.82, 2.24) is 10.2 Å². The Morgan fingerprint density at radius 2 is 1.96 bits per heavy atom. The number of likely N-dealkylation sites (tertiary alicyclic amines) is 1. The topological polar surface area (TPSA) is 96.7 Å². The number of hydrogen-bond acceptors (Lipinski definition) is 4. The van der Waals surface area contributed by atoms with Crippen molar-refractivity contribution in [3.8, 4) is 0 Å². The molecular formula is C20H31ClN4O3. The van der Waals surface area contributed by atoms with Gasteiger partial charge in [0.25, 0.3) is 5.91 Å². The average molecular weight is 411 g/mol. The largest absolute Gasteiger partial charge is 0.364 e. The van der Waals surface area contributed by atoms with Crippen LogP contribution in [0.4, 0.5) is 10.5 Å². The lowest BCUT2D eigenvalue weighted by molar-refractivity contribution is -0.144. The van der Waals surface area contributed by atoms with Crippen LogP contribution in [0.25, 0.3) is 0 Å². The maximum Gasteiger partial charge on any atom is 0.319 e. The first-order valence-corrected chi connectivity index (χ1v) is 9.81. The van der Waals surface area contributed by atoms with Gasteiger partial charge in [-0.25, -0.2) is 4.79 Å². The van der Waals surface area contributed by atoms with Crippen LogP contribution in [-0.4, -0.2) is 55.2 Å². The molecule has 0 saturated carbocycles. The lowest BCUT2D eigenvalue weighted by atomic mass is 9.97. The van der Waals surface area contributed by atoms with Crippen molar-refractivity contribution in [2.75, 3.05) is 31.5 Å². The SMILES string of the molecule is Cc1ccc(NC(=O)NCC2CCCN(C(=O)[C@@H]3CC[C@H](CN)O3)C2)cc1.Cl. The fraction of sp³-hybridized carbons (Fsp3) is 0.600. The van der Waals surface area contributed by atoms with Crippen LogP contribution in [0, 0.1) is 12.8 Å². The molecule has 2 aliphatic heterocycles.